The van der Waals surface area contributed by atoms with Gasteiger partial charge in [0.05, 0.1) is 19.1 Å². The van der Waals surface area contributed by atoms with Gasteiger partial charge >= 0.3 is 0 Å². The molecule has 1 aromatic heterocycles. The molecule has 2 aromatic carbocycles. The number of amides is 1. The third-order valence-electron chi connectivity index (χ3n) is 4.92. The SMILES string of the molecule is COc1ccccc1-c1noc([C@@H]2CCCN2C(=O)Cc2ccc(F)cc2)n1. The van der Waals surface area contributed by atoms with E-state index in [9.17, 15) is 9.18 Å². The van der Waals surface area contributed by atoms with Crippen LogP contribution in [0.4, 0.5) is 4.39 Å². The smallest absolute Gasteiger partial charge is 0.249 e. The van der Waals surface area contributed by atoms with Crippen LogP contribution in [0.1, 0.15) is 30.3 Å². The van der Waals surface area contributed by atoms with Crippen LogP contribution < -0.4 is 4.74 Å². The number of benzene rings is 2. The minimum absolute atomic E-state index is 0.0360. The van der Waals surface area contributed by atoms with Gasteiger partial charge in [-0.2, -0.15) is 4.98 Å². The molecule has 0 saturated carbocycles. The van der Waals surface area contributed by atoms with E-state index in [0.717, 1.165) is 24.0 Å². The molecule has 1 aliphatic rings. The van der Waals surface area contributed by atoms with Crippen molar-refractivity contribution in [3.63, 3.8) is 0 Å². The summed E-state index contributed by atoms with van der Waals surface area (Å²) in [7, 11) is 1.59. The maximum Gasteiger partial charge on any atom is 0.249 e. The summed E-state index contributed by atoms with van der Waals surface area (Å²) >= 11 is 0. The van der Waals surface area contributed by atoms with Crippen molar-refractivity contribution in [3.8, 4) is 17.1 Å². The standard InChI is InChI=1S/C21H20FN3O3/c1-27-18-7-3-2-5-16(18)20-23-21(28-24-20)17-6-4-12-25(17)19(26)13-14-8-10-15(22)11-9-14/h2-3,5,7-11,17H,4,6,12-13H2,1H3/t17-/m0/s1. The Kier molecular flexibility index (Phi) is 5.06. The van der Waals surface area contributed by atoms with Crippen LogP contribution >= 0.6 is 0 Å². The van der Waals surface area contributed by atoms with Crippen LogP contribution in [0.5, 0.6) is 5.75 Å². The number of carbonyl (C=O) groups excluding carboxylic acids is 1. The highest BCUT2D eigenvalue weighted by atomic mass is 19.1. The first-order valence-electron chi connectivity index (χ1n) is 9.16. The Labute approximate surface area is 161 Å². The maximum atomic E-state index is 13.1. The first-order valence-corrected chi connectivity index (χ1v) is 9.16. The third kappa shape index (κ3) is 3.60. The largest absolute Gasteiger partial charge is 0.496 e. The van der Waals surface area contributed by atoms with Gasteiger partial charge in [0, 0.05) is 6.54 Å². The Morgan fingerprint density at radius 3 is 2.82 bits per heavy atom. The van der Waals surface area contributed by atoms with Crippen molar-refractivity contribution in [3.05, 3.63) is 65.8 Å². The molecule has 1 amide bonds. The quantitative estimate of drug-likeness (QED) is 0.673. The van der Waals surface area contributed by atoms with Crippen LogP contribution in [0, 0.1) is 5.82 Å². The highest BCUT2D eigenvalue weighted by molar-refractivity contribution is 5.79. The van der Waals surface area contributed by atoms with E-state index in [1.807, 2.05) is 24.3 Å². The minimum Gasteiger partial charge on any atom is -0.496 e. The molecule has 1 saturated heterocycles. The van der Waals surface area contributed by atoms with Crippen molar-refractivity contribution in [1.29, 1.82) is 0 Å². The molecule has 0 bridgehead atoms. The predicted octanol–water partition coefficient (Wildman–Crippen LogP) is 3.79. The van der Waals surface area contributed by atoms with E-state index < -0.39 is 0 Å². The molecule has 4 rings (SSSR count). The first kappa shape index (κ1) is 18.2. The van der Waals surface area contributed by atoms with Crippen molar-refractivity contribution >= 4 is 5.91 Å². The average Bonchev–Trinajstić information content (AvgIpc) is 3.39. The number of hydrogen-bond acceptors (Lipinski definition) is 5. The monoisotopic (exact) mass is 381 g/mol. The zero-order chi connectivity index (χ0) is 19.5. The number of para-hydroxylation sites is 1. The number of ether oxygens (including phenoxy) is 1. The summed E-state index contributed by atoms with van der Waals surface area (Å²) in [6.45, 7) is 0.636. The number of hydrogen-bond donors (Lipinski definition) is 0. The Balaban J connectivity index is 1.53. The molecule has 2 heterocycles. The minimum atomic E-state index is -0.315. The molecule has 0 unspecified atom stereocenters. The normalized spacial score (nSPS) is 16.4. The van der Waals surface area contributed by atoms with Crippen molar-refractivity contribution in [1.82, 2.24) is 15.0 Å². The van der Waals surface area contributed by atoms with E-state index in [4.69, 9.17) is 9.26 Å². The molecule has 1 atom stereocenters. The molecule has 6 nitrogen and oxygen atoms in total. The summed E-state index contributed by atoms with van der Waals surface area (Å²) < 4.78 is 23.9. The van der Waals surface area contributed by atoms with Gasteiger partial charge in [-0.3, -0.25) is 4.79 Å². The average molecular weight is 381 g/mol. The zero-order valence-electron chi connectivity index (χ0n) is 15.5. The Morgan fingerprint density at radius 2 is 2.04 bits per heavy atom. The second-order valence-corrected chi connectivity index (χ2v) is 6.70. The highest BCUT2D eigenvalue weighted by Gasteiger charge is 2.34. The van der Waals surface area contributed by atoms with E-state index in [-0.39, 0.29) is 24.2 Å². The van der Waals surface area contributed by atoms with E-state index in [1.165, 1.54) is 12.1 Å². The zero-order valence-corrected chi connectivity index (χ0v) is 15.5. The first-order chi connectivity index (χ1) is 13.7. The van der Waals surface area contributed by atoms with Gasteiger partial charge in [0.2, 0.25) is 17.6 Å². The van der Waals surface area contributed by atoms with Crippen LogP contribution in [0.2, 0.25) is 0 Å². The fourth-order valence-electron chi connectivity index (χ4n) is 3.51. The van der Waals surface area contributed by atoms with Gasteiger partial charge in [-0.25, -0.2) is 4.39 Å². The fourth-order valence-corrected chi connectivity index (χ4v) is 3.51. The third-order valence-corrected chi connectivity index (χ3v) is 4.92. The van der Waals surface area contributed by atoms with E-state index in [0.29, 0.717) is 24.0 Å². The van der Waals surface area contributed by atoms with E-state index in [1.54, 1.807) is 24.1 Å². The van der Waals surface area contributed by atoms with Crippen LogP contribution in [0.25, 0.3) is 11.4 Å². The number of carbonyl (C=O) groups is 1. The van der Waals surface area contributed by atoms with Crippen LogP contribution in [-0.2, 0) is 11.2 Å². The van der Waals surface area contributed by atoms with Gasteiger partial charge in [-0.1, -0.05) is 29.4 Å². The number of likely N-dealkylation sites (tertiary alicyclic amines) is 1. The lowest BCUT2D eigenvalue weighted by atomic mass is 10.1. The molecular weight excluding hydrogens is 361 g/mol. The molecule has 3 aromatic rings. The molecule has 7 heteroatoms. The molecule has 1 aliphatic heterocycles. The number of methoxy groups -OCH3 is 1. The number of rotatable bonds is 5. The Bertz CT molecular complexity index is 971. The number of halogens is 1. The second-order valence-electron chi connectivity index (χ2n) is 6.70. The lowest BCUT2D eigenvalue weighted by Gasteiger charge is -2.21. The Hall–Kier alpha value is -3.22. The predicted molar refractivity (Wildman–Crippen MR) is 100 cm³/mol. The number of aromatic nitrogens is 2. The topological polar surface area (TPSA) is 68.5 Å². The molecule has 1 fully saturated rings. The van der Waals surface area contributed by atoms with E-state index >= 15 is 0 Å². The summed E-state index contributed by atoms with van der Waals surface area (Å²) in [5.74, 6) is 1.16. The van der Waals surface area contributed by atoms with Gasteiger partial charge in [0.15, 0.2) is 0 Å². The van der Waals surface area contributed by atoms with Crippen LogP contribution in [0.15, 0.2) is 53.1 Å². The van der Waals surface area contributed by atoms with Gasteiger partial charge in [-0.15, -0.1) is 0 Å². The number of nitrogens with zero attached hydrogens (tertiary/aromatic N) is 3. The maximum absolute atomic E-state index is 13.1. The summed E-state index contributed by atoms with van der Waals surface area (Å²) in [6, 6.07) is 13.2. The van der Waals surface area contributed by atoms with Crippen molar-refractivity contribution in [2.75, 3.05) is 13.7 Å². The summed E-state index contributed by atoms with van der Waals surface area (Å²) in [4.78, 5) is 19.1. The molecular formula is C21H20FN3O3. The fraction of sp³-hybridized carbons (Fsp3) is 0.286. The highest BCUT2D eigenvalue weighted by Crippen LogP contribution is 2.34. The second kappa shape index (κ2) is 7.80. The molecule has 0 radical (unpaired) electrons. The van der Waals surface area contributed by atoms with Gasteiger partial charge in [-0.05, 0) is 42.7 Å². The van der Waals surface area contributed by atoms with Crippen LogP contribution in [0.3, 0.4) is 0 Å². The summed E-state index contributed by atoms with van der Waals surface area (Å²) in [6.07, 6.45) is 1.85. The van der Waals surface area contributed by atoms with Crippen molar-refractivity contribution in [2.24, 2.45) is 0 Å². The lowest BCUT2D eigenvalue weighted by molar-refractivity contribution is -0.131. The summed E-state index contributed by atoms with van der Waals surface area (Å²) in [5.41, 5.74) is 1.51. The molecule has 0 N–H and O–H groups in total. The van der Waals surface area contributed by atoms with Gasteiger partial charge in [0.25, 0.3) is 0 Å². The van der Waals surface area contributed by atoms with Crippen molar-refractivity contribution < 1.29 is 18.4 Å². The summed E-state index contributed by atoms with van der Waals surface area (Å²) in [5, 5.41) is 4.08. The van der Waals surface area contributed by atoms with E-state index in [2.05, 4.69) is 10.1 Å². The molecule has 0 aliphatic carbocycles. The van der Waals surface area contributed by atoms with Crippen molar-refractivity contribution in [2.45, 2.75) is 25.3 Å². The molecule has 0 spiro atoms. The molecule has 28 heavy (non-hydrogen) atoms. The van der Waals surface area contributed by atoms with Crippen LogP contribution in [-0.4, -0.2) is 34.6 Å². The van der Waals surface area contributed by atoms with Gasteiger partial charge < -0.3 is 14.2 Å². The Morgan fingerprint density at radius 1 is 1.25 bits per heavy atom. The lowest BCUT2D eigenvalue weighted by Crippen LogP contribution is -2.32. The van der Waals surface area contributed by atoms with Gasteiger partial charge in [0.1, 0.15) is 17.6 Å². The molecule has 144 valence electrons.